The molecule has 1 aromatic rings. The predicted molar refractivity (Wildman–Crippen MR) is 80.9 cm³/mol. The highest BCUT2D eigenvalue weighted by Crippen LogP contribution is 2.22. The number of carbonyl (C=O) groups is 1. The topological polar surface area (TPSA) is 93.5 Å². The maximum atomic E-state index is 11.9. The van der Waals surface area contributed by atoms with E-state index >= 15 is 0 Å². The molecule has 116 valence electrons. The van der Waals surface area contributed by atoms with E-state index in [9.17, 15) is 14.9 Å². The third kappa shape index (κ3) is 4.96. The number of anilines is 1. The van der Waals surface area contributed by atoms with Crippen molar-refractivity contribution < 1.29 is 14.5 Å². The molecule has 1 aliphatic heterocycles. The van der Waals surface area contributed by atoms with Crippen molar-refractivity contribution in [1.82, 2.24) is 5.32 Å². The van der Waals surface area contributed by atoms with Crippen LogP contribution in [0.25, 0.3) is 0 Å². The molecule has 0 spiro atoms. The summed E-state index contributed by atoms with van der Waals surface area (Å²) in [6.07, 6.45) is 0.0819. The molecule has 1 atom stereocenters. The third-order valence-electron chi connectivity index (χ3n) is 3.11. The van der Waals surface area contributed by atoms with E-state index in [0.717, 1.165) is 6.54 Å². The molecule has 7 nitrogen and oxygen atoms in total. The molecule has 1 saturated heterocycles. The number of hydrogen-bond donors (Lipinski definition) is 2. The molecule has 1 amide bonds. The monoisotopic (exact) mass is 315 g/mol. The van der Waals surface area contributed by atoms with Crippen LogP contribution in [0.2, 0.25) is 0 Å². The third-order valence-corrected chi connectivity index (χ3v) is 3.11. The zero-order valence-corrected chi connectivity index (χ0v) is 12.4. The molecule has 1 fully saturated rings. The number of amides is 1. The Hall–Kier alpha value is -1.70. The first-order valence-electron chi connectivity index (χ1n) is 6.43. The van der Waals surface area contributed by atoms with E-state index in [1.54, 1.807) is 19.1 Å². The molecular weight excluding hydrogens is 298 g/mol. The highest BCUT2D eigenvalue weighted by molar-refractivity contribution is 5.91. The summed E-state index contributed by atoms with van der Waals surface area (Å²) in [5.41, 5.74) is 0.988. The number of nitro benzene ring substituents is 1. The van der Waals surface area contributed by atoms with Gasteiger partial charge < -0.3 is 15.4 Å². The van der Waals surface area contributed by atoms with Crippen molar-refractivity contribution in [3.8, 4) is 0 Å². The number of nitrogens with zero attached hydrogens (tertiary/aromatic N) is 1. The molecule has 21 heavy (non-hydrogen) atoms. The molecule has 0 aromatic heterocycles. The first-order valence-corrected chi connectivity index (χ1v) is 6.43. The fourth-order valence-corrected chi connectivity index (χ4v) is 2.05. The van der Waals surface area contributed by atoms with Crippen LogP contribution in [0, 0.1) is 17.0 Å². The number of nitrogens with one attached hydrogen (secondary N) is 2. The zero-order chi connectivity index (χ0) is 14.5. The number of ether oxygens (including phenoxy) is 1. The fourth-order valence-electron chi connectivity index (χ4n) is 2.05. The summed E-state index contributed by atoms with van der Waals surface area (Å²) >= 11 is 0. The molecular formula is C13H18ClN3O4. The van der Waals surface area contributed by atoms with Gasteiger partial charge >= 0.3 is 0 Å². The number of rotatable bonds is 4. The summed E-state index contributed by atoms with van der Waals surface area (Å²) in [6, 6.07) is 4.64. The van der Waals surface area contributed by atoms with Gasteiger partial charge in [0.2, 0.25) is 5.91 Å². The summed E-state index contributed by atoms with van der Waals surface area (Å²) in [4.78, 5) is 22.2. The first kappa shape index (κ1) is 17.4. The predicted octanol–water partition coefficient (Wildman–Crippen LogP) is 1.64. The molecule has 2 N–H and O–H groups in total. The van der Waals surface area contributed by atoms with Crippen molar-refractivity contribution in [1.29, 1.82) is 0 Å². The minimum atomic E-state index is -0.459. The standard InChI is InChI=1S/C13H17N3O4.ClH/c1-9-2-3-10(6-12(9)16(18)19)15-13(17)7-11-8-14-4-5-20-11;/h2-3,6,11,14H,4-5,7-8H2,1H3,(H,15,17);1H. The van der Waals surface area contributed by atoms with Crippen molar-refractivity contribution in [3.63, 3.8) is 0 Å². The Morgan fingerprint density at radius 2 is 2.33 bits per heavy atom. The quantitative estimate of drug-likeness (QED) is 0.651. The van der Waals surface area contributed by atoms with Gasteiger partial charge in [0.15, 0.2) is 0 Å². The number of halogens is 1. The SMILES string of the molecule is Cc1ccc(NC(=O)CC2CNCCO2)cc1[N+](=O)[O-].Cl. The molecule has 8 heteroatoms. The van der Waals surface area contributed by atoms with Gasteiger partial charge in [-0.25, -0.2) is 0 Å². The lowest BCUT2D eigenvalue weighted by Gasteiger charge is -2.23. The molecule has 1 heterocycles. The lowest BCUT2D eigenvalue weighted by molar-refractivity contribution is -0.385. The number of morpholine rings is 1. The van der Waals surface area contributed by atoms with Crippen LogP contribution >= 0.6 is 12.4 Å². The smallest absolute Gasteiger partial charge is 0.274 e. The molecule has 0 bridgehead atoms. The van der Waals surface area contributed by atoms with Gasteiger partial charge in [-0.3, -0.25) is 14.9 Å². The van der Waals surface area contributed by atoms with Crippen LogP contribution in [-0.4, -0.2) is 36.6 Å². The number of aryl methyl sites for hydroxylation is 1. The molecule has 2 rings (SSSR count). The van der Waals surface area contributed by atoms with E-state index in [4.69, 9.17) is 4.74 Å². The summed E-state index contributed by atoms with van der Waals surface area (Å²) in [5, 5.41) is 16.6. The van der Waals surface area contributed by atoms with Crippen molar-refractivity contribution in [2.24, 2.45) is 0 Å². The van der Waals surface area contributed by atoms with Crippen LogP contribution < -0.4 is 10.6 Å². The first-order chi connectivity index (χ1) is 9.56. The van der Waals surface area contributed by atoms with Crippen LogP contribution in [0.15, 0.2) is 18.2 Å². The summed E-state index contributed by atoms with van der Waals surface area (Å²) in [5.74, 6) is -0.211. The van der Waals surface area contributed by atoms with Crippen molar-refractivity contribution in [3.05, 3.63) is 33.9 Å². The van der Waals surface area contributed by atoms with Gasteiger partial charge in [-0.2, -0.15) is 0 Å². The Kier molecular flexibility index (Phi) is 6.54. The van der Waals surface area contributed by atoms with Gasteiger partial charge in [0, 0.05) is 30.4 Å². The summed E-state index contributed by atoms with van der Waals surface area (Å²) in [6.45, 7) is 3.68. The van der Waals surface area contributed by atoms with Gasteiger partial charge in [-0.15, -0.1) is 12.4 Å². The number of benzene rings is 1. The van der Waals surface area contributed by atoms with Crippen molar-refractivity contribution in [2.75, 3.05) is 25.0 Å². The van der Waals surface area contributed by atoms with E-state index < -0.39 is 4.92 Å². The number of carbonyl (C=O) groups excluding carboxylic acids is 1. The second kappa shape index (κ2) is 7.92. The van der Waals surface area contributed by atoms with E-state index in [-0.39, 0.29) is 36.5 Å². The average Bonchev–Trinajstić information content (AvgIpc) is 2.41. The molecule has 0 radical (unpaired) electrons. The second-order valence-corrected chi connectivity index (χ2v) is 4.71. The van der Waals surface area contributed by atoms with Crippen LogP contribution in [0.4, 0.5) is 11.4 Å². The maximum absolute atomic E-state index is 11.9. The highest BCUT2D eigenvalue weighted by Gasteiger charge is 2.18. The minimum absolute atomic E-state index is 0. The van der Waals surface area contributed by atoms with E-state index in [2.05, 4.69) is 10.6 Å². The van der Waals surface area contributed by atoms with E-state index in [1.165, 1.54) is 6.07 Å². The van der Waals surface area contributed by atoms with Gasteiger partial charge in [-0.1, -0.05) is 6.07 Å². The van der Waals surface area contributed by atoms with Gasteiger partial charge in [0.05, 0.1) is 24.1 Å². The van der Waals surface area contributed by atoms with Crippen LogP contribution in [0.1, 0.15) is 12.0 Å². The molecule has 1 aromatic carbocycles. The number of nitro groups is 1. The lowest BCUT2D eigenvalue weighted by Crippen LogP contribution is -2.40. The Morgan fingerprint density at radius 3 is 2.95 bits per heavy atom. The Balaban J connectivity index is 0.00000220. The average molecular weight is 316 g/mol. The van der Waals surface area contributed by atoms with Crippen molar-refractivity contribution in [2.45, 2.75) is 19.4 Å². The Bertz CT molecular complexity index is 518. The Labute approximate surface area is 128 Å². The van der Waals surface area contributed by atoms with Crippen molar-refractivity contribution >= 4 is 29.7 Å². The highest BCUT2D eigenvalue weighted by atomic mass is 35.5. The van der Waals surface area contributed by atoms with Gasteiger partial charge in [-0.05, 0) is 13.0 Å². The van der Waals surface area contributed by atoms with Gasteiger partial charge in [0.25, 0.3) is 5.69 Å². The maximum Gasteiger partial charge on any atom is 0.274 e. The normalized spacial score (nSPS) is 17.7. The zero-order valence-electron chi connectivity index (χ0n) is 11.6. The summed E-state index contributed by atoms with van der Waals surface area (Å²) < 4.78 is 5.44. The number of hydrogen-bond acceptors (Lipinski definition) is 5. The molecule has 1 unspecified atom stereocenters. The van der Waals surface area contributed by atoms with E-state index in [1.807, 2.05) is 0 Å². The van der Waals surface area contributed by atoms with Crippen LogP contribution in [0.5, 0.6) is 0 Å². The molecule has 0 saturated carbocycles. The molecule has 1 aliphatic rings. The van der Waals surface area contributed by atoms with Crippen LogP contribution in [0.3, 0.4) is 0 Å². The largest absolute Gasteiger partial charge is 0.375 e. The molecule has 0 aliphatic carbocycles. The van der Waals surface area contributed by atoms with E-state index in [0.29, 0.717) is 24.4 Å². The Morgan fingerprint density at radius 1 is 1.57 bits per heavy atom. The van der Waals surface area contributed by atoms with Gasteiger partial charge in [0.1, 0.15) is 0 Å². The fraction of sp³-hybridized carbons (Fsp3) is 0.462. The van der Waals surface area contributed by atoms with Crippen LogP contribution in [-0.2, 0) is 9.53 Å². The minimum Gasteiger partial charge on any atom is -0.375 e. The lowest BCUT2D eigenvalue weighted by atomic mass is 10.1. The second-order valence-electron chi connectivity index (χ2n) is 4.71. The summed E-state index contributed by atoms with van der Waals surface area (Å²) in [7, 11) is 0.